The van der Waals surface area contributed by atoms with Gasteiger partial charge in [-0.25, -0.2) is 0 Å². The fraction of sp³-hybridized carbons (Fsp3) is 0.731. The van der Waals surface area contributed by atoms with Crippen LogP contribution in [0, 0.1) is 34.0 Å². The van der Waals surface area contributed by atoms with Crippen LogP contribution in [0.15, 0.2) is 35.5 Å². The van der Waals surface area contributed by atoms with Gasteiger partial charge in [0.25, 0.3) is 0 Å². The van der Waals surface area contributed by atoms with Gasteiger partial charge in [-0.1, -0.05) is 45.9 Å². The van der Waals surface area contributed by atoms with Crippen molar-refractivity contribution >= 4 is 5.78 Å². The van der Waals surface area contributed by atoms with E-state index < -0.39 is 0 Å². The standard InChI is InChI=1S/C26H39NO/c1-17(27(6)7)20-13-15-26(5)22-10-9-21-18(8-11-23(28)24(21,2)3)16-19(22)12-14-25(20,26)4/h8,11-12,16-17,20-22H,9-10,13-15H2,1-7H3. The number of ketones is 1. The Morgan fingerprint density at radius 1 is 0.964 bits per heavy atom. The molecule has 0 heterocycles. The van der Waals surface area contributed by atoms with E-state index in [1.807, 2.05) is 6.08 Å². The molecule has 1 saturated carbocycles. The van der Waals surface area contributed by atoms with Crippen LogP contribution in [0.4, 0.5) is 0 Å². The highest BCUT2D eigenvalue weighted by molar-refractivity contribution is 5.96. The molecular weight excluding hydrogens is 342 g/mol. The molecule has 6 unspecified atom stereocenters. The van der Waals surface area contributed by atoms with Crippen molar-refractivity contribution in [2.75, 3.05) is 14.1 Å². The molecule has 0 radical (unpaired) electrons. The van der Waals surface area contributed by atoms with Crippen molar-refractivity contribution in [1.82, 2.24) is 4.90 Å². The Balaban J connectivity index is 1.73. The van der Waals surface area contributed by atoms with Crippen LogP contribution in [-0.4, -0.2) is 30.8 Å². The zero-order chi connectivity index (χ0) is 20.5. The summed E-state index contributed by atoms with van der Waals surface area (Å²) in [6.07, 6.45) is 15.2. The van der Waals surface area contributed by atoms with Gasteiger partial charge in [0.15, 0.2) is 5.78 Å². The highest BCUT2D eigenvalue weighted by atomic mass is 16.1. The van der Waals surface area contributed by atoms with Crippen LogP contribution in [-0.2, 0) is 4.79 Å². The summed E-state index contributed by atoms with van der Waals surface area (Å²) in [5.41, 5.74) is 3.40. The van der Waals surface area contributed by atoms with Gasteiger partial charge >= 0.3 is 0 Å². The van der Waals surface area contributed by atoms with Gasteiger partial charge in [-0.05, 0) is 98.9 Å². The van der Waals surface area contributed by atoms with Crippen LogP contribution >= 0.6 is 0 Å². The number of carbonyl (C=O) groups is 1. The van der Waals surface area contributed by atoms with Crippen LogP contribution in [0.25, 0.3) is 0 Å². The lowest BCUT2D eigenvalue weighted by molar-refractivity contribution is -0.124. The first kappa shape index (κ1) is 20.1. The van der Waals surface area contributed by atoms with E-state index in [9.17, 15) is 4.79 Å². The molecule has 1 fully saturated rings. The normalized spacial score (nSPS) is 42.9. The van der Waals surface area contributed by atoms with Crippen LogP contribution in [0.5, 0.6) is 0 Å². The second-order valence-electron chi connectivity index (χ2n) is 11.3. The second-order valence-corrected chi connectivity index (χ2v) is 11.3. The van der Waals surface area contributed by atoms with Gasteiger partial charge in [-0.3, -0.25) is 4.79 Å². The molecule has 2 nitrogen and oxygen atoms in total. The molecule has 0 saturated heterocycles. The van der Waals surface area contributed by atoms with Crippen molar-refractivity contribution in [2.24, 2.45) is 34.0 Å². The maximum atomic E-state index is 12.5. The average molecular weight is 382 g/mol. The van der Waals surface area contributed by atoms with Crippen LogP contribution in [0.3, 0.4) is 0 Å². The van der Waals surface area contributed by atoms with Crippen molar-refractivity contribution in [1.29, 1.82) is 0 Å². The van der Waals surface area contributed by atoms with Crippen molar-refractivity contribution in [3.63, 3.8) is 0 Å². The quantitative estimate of drug-likeness (QED) is 0.602. The van der Waals surface area contributed by atoms with E-state index in [4.69, 9.17) is 0 Å². The molecule has 0 aromatic carbocycles. The molecule has 0 aromatic heterocycles. The maximum Gasteiger partial charge on any atom is 0.161 e. The highest BCUT2D eigenvalue weighted by Crippen LogP contribution is 2.67. The SMILES string of the molecule is CC(C1CCC2(C)C3CCC4C(=CC3=CCC12C)C=CC(=O)C4(C)C)N(C)C. The van der Waals surface area contributed by atoms with Gasteiger partial charge in [0.05, 0.1) is 0 Å². The Morgan fingerprint density at radius 3 is 2.32 bits per heavy atom. The topological polar surface area (TPSA) is 20.3 Å². The lowest BCUT2D eigenvalue weighted by Crippen LogP contribution is -2.49. The molecule has 0 aromatic rings. The molecule has 0 aliphatic heterocycles. The number of hydrogen-bond donors (Lipinski definition) is 0. The third kappa shape index (κ3) is 2.59. The Kier molecular flexibility index (Phi) is 4.62. The number of fused-ring (bicyclic) bond motifs is 4. The third-order valence-corrected chi connectivity index (χ3v) is 9.84. The monoisotopic (exact) mass is 381 g/mol. The smallest absolute Gasteiger partial charge is 0.161 e. The minimum Gasteiger partial charge on any atom is -0.306 e. The molecule has 154 valence electrons. The van der Waals surface area contributed by atoms with Gasteiger partial charge < -0.3 is 4.90 Å². The fourth-order valence-corrected chi connectivity index (χ4v) is 7.35. The minimum atomic E-state index is -0.267. The van der Waals surface area contributed by atoms with E-state index in [1.165, 1.54) is 31.3 Å². The first-order valence-corrected chi connectivity index (χ1v) is 11.3. The number of nitrogens with zero attached hydrogens (tertiary/aromatic N) is 1. The third-order valence-electron chi connectivity index (χ3n) is 9.84. The van der Waals surface area contributed by atoms with Crippen molar-refractivity contribution in [2.45, 2.75) is 72.8 Å². The second kappa shape index (κ2) is 6.42. The summed E-state index contributed by atoms with van der Waals surface area (Å²) in [4.78, 5) is 15.0. The molecule has 0 N–H and O–H groups in total. The van der Waals surface area contributed by atoms with E-state index in [0.29, 0.717) is 34.5 Å². The van der Waals surface area contributed by atoms with Crippen LogP contribution < -0.4 is 0 Å². The average Bonchev–Trinajstić information content (AvgIpc) is 2.78. The Bertz CT molecular complexity index is 769. The highest BCUT2D eigenvalue weighted by Gasteiger charge is 2.60. The predicted molar refractivity (Wildman–Crippen MR) is 117 cm³/mol. The Labute approximate surface area is 172 Å². The molecule has 28 heavy (non-hydrogen) atoms. The minimum absolute atomic E-state index is 0.267. The molecule has 4 aliphatic carbocycles. The molecule has 4 rings (SSSR count). The molecule has 4 aliphatic rings. The zero-order valence-corrected chi connectivity index (χ0v) is 19.0. The number of rotatable bonds is 2. The zero-order valence-electron chi connectivity index (χ0n) is 19.0. The summed E-state index contributed by atoms with van der Waals surface area (Å²) in [5.74, 6) is 2.04. The first-order chi connectivity index (χ1) is 13.0. The lowest BCUT2D eigenvalue weighted by atomic mass is 9.51. The van der Waals surface area contributed by atoms with Gasteiger partial charge in [-0.15, -0.1) is 0 Å². The fourth-order valence-electron chi connectivity index (χ4n) is 7.35. The van der Waals surface area contributed by atoms with E-state index >= 15 is 0 Å². The molecule has 0 spiro atoms. The summed E-state index contributed by atoms with van der Waals surface area (Å²) in [5, 5.41) is 0. The van der Waals surface area contributed by atoms with Crippen molar-refractivity contribution in [3.8, 4) is 0 Å². The number of carbonyl (C=O) groups excluding carboxylic acids is 1. The Morgan fingerprint density at radius 2 is 1.64 bits per heavy atom. The largest absolute Gasteiger partial charge is 0.306 e. The molecule has 0 amide bonds. The molecule has 0 bridgehead atoms. The Hall–Kier alpha value is -1.15. The summed E-state index contributed by atoms with van der Waals surface area (Å²) < 4.78 is 0. The van der Waals surface area contributed by atoms with E-state index in [1.54, 1.807) is 5.57 Å². The lowest BCUT2D eigenvalue weighted by Gasteiger charge is -2.54. The first-order valence-electron chi connectivity index (χ1n) is 11.3. The number of allylic oxidation sites excluding steroid dienone is 6. The van der Waals surface area contributed by atoms with Gasteiger partial charge in [0.2, 0.25) is 0 Å². The summed E-state index contributed by atoms with van der Waals surface area (Å²) in [6.45, 7) is 11.9. The van der Waals surface area contributed by atoms with E-state index in [-0.39, 0.29) is 5.41 Å². The van der Waals surface area contributed by atoms with Crippen LogP contribution in [0.1, 0.15) is 66.7 Å². The van der Waals surface area contributed by atoms with Gasteiger partial charge in [0.1, 0.15) is 0 Å². The van der Waals surface area contributed by atoms with Gasteiger partial charge in [0, 0.05) is 11.5 Å². The summed E-state index contributed by atoms with van der Waals surface area (Å²) in [7, 11) is 4.47. The summed E-state index contributed by atoms with van der Waals surface area (Å²) in [6, 6.07) is 0.618. The predicted octanol–water partition coefficient (Wildman–Crippen LogP) is 5.81. The van der Waals surface area contributed by atoms with E-state index in [0.717, 1.165) is 12.3 Å². The molecular formula is C26H39NO. The van der Waals surface area contributed by atoms with Crippen LogP contribution in [0.2, 0.25) is 0 Å². The molecule has 6 atom stereocenters. The van der Waals surface area contributed by atoms with Crippen molar-refractivity contribution < 1.29 is 4.79 Å². The molecule has 2 heteroatoms. The summed E-state index contributed by atoms with van der Waals surface area (Å²) >= 11 is 0. The maximum absolute atomic E-state index is 12.5. The van der Waals surface area contributed by atoms with E-state index in [2.05, 4.69) is 71.8 Å². The van der Waals surface area contributed by atoms with Crippen molar-refractivity contribution in [3.05, 3.63) is 35.5 Å². The number of hydrogen-bond acceptors (Lipinski definition) is 2. The van der Waals surface area contributed by atoms with Gasteiger partial charge in [-0.2, -0.15) is 0 Å².